The van der Waals surface area contributed by atoms with Gasteiger partial charge in [0.25, 0.3) is 0 Å². The highest BCUT2D eigenvalue weighted by Crippen LogP contribution is 2.33. The van der Waals surface area contributed by atoms with E-state index in [0.29, 0.717) is 0 Å². The highest BCUT2D eigenvalue weighted by Gasteiger charge is 2.19. The Morgan fingerprint density at radius 3 is 2.10 bits per heavy atom. The molecule has 0 heterocycles. The largest absolute Gasteiger partial charge is 0.320 e. The standard InChI is InChI=1S/C17H19BrIN/c1-9-7-10(2)12(4)16(11(9)3)17(20)14-8-13(18)5-6-15(14)19/h5-8,17H,20H2,1-4H3. The minimum Gasteiger partial charge on any atom is -0.320 e. The minimum atomic E-state index is -0.0852. The number of hydrogen-bond donors (Lipinski definition) is 1. The Kier molecular flexibility index (Phi) is 4.92. The molecule has 3 heteroatoms. The zero-order chi connectivity index (χ0) is 15.0. The van der Waals surface area contributed by atoms with E-state index in [2.05, 4.69) is 90.5 Å². The molecule has 0 saturated heterocycles. The fraction of sp³-hybridized carbons (Fsp3) is 0.294. The number of rotatable bonds is 2. The summed E-state index contributed by atoms with van der Waals surface area (Å²) in [5.74, 6) is 0. The van der Waals surface area contributed by atoms with E-state index in [4.69, 9.17) is 5.73 Å². The van der Waals surface area contributed by atoms with Gasteiger partial charge in [0.1, 0.15) is 0 Å². The van der Waals surface area contributed by atoms with E-state index in [-0.39, 0.29) is 6.04 Å². The summed E-state index contributed by atoms with van der Waals surface area (Å²) in [4.78, 5) is 0. The Balaban J connectivity index is 2.65. The van der Waals surface area contributed by atoms with Crippen molar-refractivity contribution >= 4 is 38.5 Å². The van der Waals surface area contributed by atoms with Crippen LogP contribution in [0.4, 0.5) is 0 Å². The molecule has 2 aromatic rings. The van der Waals surface area contributed by atoms with Crippen LogP contribution in [0.2, 0.25) is 0 Å². The molecular weight excluding hydrogens is 425 g/mol. The van der Waals surface area contributed by atoms with Crippen molar-refractivity contribution in [3.05, 3.63) is 65.7 Å². The summed E-state index contributed by atoms with van der Waals surface area (Å²) in [7, 11) is 0. The first kappa shape index (κ1) is 16.0. The molecule has 0 aliphatic rings. The van der Waals surface area contributed by atoms with Gasteiger partial charge in [-0.2, -0.15) is 0 Å². The summed E-state index contributed by atoms with van der Waals surface area (Å²) in [5.41, 5.74) is 14.3. The smallest absolute Gasteiger partial charge is 0.0567 e. The summed E-state index contributed by atoms with van der Waals surface area (Å²) in [6.45, 7) is 8.65. The van der Waals surface area contributed by atoms with Crippen LogP contribution in [0.5, 0.6) is 0 Å². The third-order valence-electron chi connectivity index (χ3n) is 4.03. The SMILES string of the molecule is Cc1cc(C)c(C)c(C(N)c2cc(Br)ccc2I)c1C. The van der Waals surface area contributed by atoms with Gasteiger partial charge in [-0.25, -0.2) is 0 Å². The molecule has 2 aromatic carbocycles. The van der Waals surface area contributed by atoms with E-state index in [1.54, 1.807) is 0 Å². The highest BCUT2D eigenvalue weighted by molar-refractivity contribution is 14.1. The van der Waals surface area contributed by atoms with Crippen molar-refractivity contribution in [2.45, 2.75) is 33.7 Å². The second-order valence-corrected chi connectivity index (χ2v) is 7.40. The molecule has 0 aliphatic heterocycles. The number of aryl methyl sites for hydroxylation is 2. The molecule has 1 unspecified atom stereocenters. The van der Waals surface area contributed by atoms with Crippen LogP contribution < -0.4 is 5.73 Å². The third-order valence-corrected chi connectivity index (χ3v) is 5.50. The van der Waals surface area contributed by atoms with Crippen LogP contribution in [0.25, 0.3) is 0 Å². The Morgan fingerprint density at radius 1 is 1.00 bits per heavy atom. The lowest BCUT2D eigenvalue weighted by molar-refractivity contribution is 0.839. The summed E-state index contributed by atoms with van der Waals surface area (Å²) < 4.78 is 2.28. The quantitative estimate of drug-likeness (QED) is 0.623. The van der Waals surface area contributed by atoms with Crippen molar-refractivity contribution in [3.8, 4) is 0 Å². The van der Waals surface area contributed by atoms with Crippen LogP contribution in [-0.2, 0) is 0 Å². The zero-order valence-corrected chi connectivity index (χ0v) is 16.0. The molecular formula is C17H19BrIN. The molecule has 0 bridgehead atoms. The Bertz CT molecular complexity index is 638. The normalized spacial score (nSPS) is 12.6. The second-order valence-electron chi connectivity index (χ2n) is 5.32. The Hall–Kier alpha value is -0.390. The first-order chi connectivity index (χ1) is 9.32. The maximum Gasteiger partial charge on any atom is 0.0567 e. The van der Waals surface area contributed by atoms with Crippen LogP contribution >= 0.6 is 38.5 Å². The van der Waals surface area contributed by atoms with Crippen molar-refractivity contribution in [2.75, 3.05) is 0 Å². The predicted molar refractivity (Wildman–Crippen MR) is 98.3 cm³/mol. The molecule has 0 aromatic heterocycles. The number of benzene rings is 2. The van der Waals surface area contributed by atoms with E-state index >= 15 is 0 Å². The predicted octanol–water partition coefficient (Wildman–Crippen LogP) is 5.34. The lowest BCUT2D eigenvalue weighted by atomic mass is 9.87. The third kappa shape index (κ3) is 2.95. The average Bonchev–Trinajstić information content (AvgIpc) is 2.39. The maximum atomic E-state index is 6.60. The average molecular weight is 444 g/mol. The first-order valence-electron chi connectivity index (χ1n) is 6.60. The lowest BCUT2D eigenvalue weighted by Gasteiger charge is -2.22. The summed E-state index contributed by atoms with van der Waals surface area (Å²) in [6, 6.07) is 8.44. The van der Waals surface area contributed by atoms with Crippen LogP contribution in [0.15, 0.2) is 28.7 Å². The molecule has 2 N–H and O–H groups in total. The fourth-order valence-corrected chi connectivity index (χ4v) is 3.67. The van der Waals surface area contributed by atoms with Gasteiger partial charge >= 0.3 is 0 Å². The molecule has 1 nitrogen and oxygen atoms in total. The van der Waals surface area contributed by atoms with Gasteiger partial charge in [-0.05, 0) is 102 Å². The minimum absolute atomic E-state index is 0.0852. The number of halogens is 2. The lowest BCUT2D eigenvalue weighted by Crippen LogP contribution is -2.17. The van der Waals surface area contributed by atoms with E-state index in [9.17, 15) is 0 Å². The van der Waals surface area contributed by atoms with Crippen molar-refractivity contribution in [1.82, 2.24) is 0 Å². The van der Waals surface area contributed by atoms with Crippen LogP contribution in [0.1, 0.15) is 39.4 Å². The maximum absolute atomic E-state index is 6.60. The fourth-order valence-electron chi connectivity index (χ4n) is 2.62. The molecule has 0 saturated carbocycles. The molecule has 0 spiro atoms. The molecule has 1 atom stereocenters. The van der Waals surface area contributed by atoms with Gasteiger partial charge in [-0.3, -0.25) is 0 Å². The highest BCUT2D eigenvalue weighted by atomic mass is 127. The van der Waals surface area contributed by atoms with Crippen molar-refractivity contribution < 1.29 is 0 Å². The summed E-state index contributed by atoms with van der Waals surface area (Å²) >= 11 is 5.90. The van der Waals surface area contributed by atoms with Crippen LogP contribution in [0.3, 0.4) is 0 Å². The molecule has 0 aliphatic carbocycles. The van der Waals surface area contributed by atoms with E-state index in [0.717, 1.165) is 4.47 Å². The monoisotopic (exact) mass is 443 g/mol. The molecule has 20 heavy (non-hydrogen) atoms. The van der Waals surface area contributed by atoms with E-state index < -0.39 is 0 Å². The van der Waals surface area contributed by atoms with Crippen LogP contribution in [-0.4, -0.2) is 0 Å². The first-order valence-corrected chi connectivity index (χ1v) is 8.48. The summed E-state index contributed by atoms with van der Waals surface area (Å²) in [6.07, 6.45) is 0. The van der Waals surface area contributed by atoms with Gasteiger partial charge in [0.05, 0.1) is 6.04 Å². The molecule has 0 fully saturated rings. The Labute approximate surface area is 143 Å². The molecule has 2 rings (SSSR count). The van der Waals surface area contributed by atoms with Gasteiger partial charge in [0.15, 0.2) is 0 Å². The van der Waals surface area contributed by atoms with Crippen LogP contribution in [0, 0.1) is 31.3 Å². The summed E-state index contributed by atoms with van der Waals surface area (Å²) in [5, 5.41) is 0. The van der Waals surface area contributed by atoms with Crippen molar-refractivity contribution in [1.29, 1.82) is 0 Å². The van der Waals surface area contributed by atoms with Gasteiger partial charge in [-0.1, -0.05) is 22.0 Å². The Morgan fingerprint density at radius 2 is 1.55 bits per heavy atom. The van der Waals surface area contributed by atoms with Crippen molar-refractivity contribution in [2.24, 2.45) is 5.73 Å². The second kappa shape index (κ2) is 6.16. The van der Waals surface area contributed by atoms with Gasteiger partial charge < -0.3 is 5.73 Å². The van der Waals surface area contributed by atoms with Gasteiger partial charge in [0.2, 0.25) is 0 Å². The van der Waals surface area contributed by atoms with Gasteiger partial charge in [-0.15, -0.1) is 0 Å². The molecule has 0 amide bonds. The van der Waals surface area contributed by atoms with Crippen molar-refractivity contribution in [3.63, 3.8) is 0 Å². The zero-order valence-electron chi connectivity index (χ0n) is 12.2. The van der Waals surface area contributed by atoms with Gasteiger partial charge in [0, 0.05) is 8.04 Å². The van der Waals surface area contributed by atoms with E-state index in [1.165, 1.54) is 37.0 Å². The van der Waals surface area contributed by atoms with E-state index in [1.807, 2.05) is 0 Å². The topological polar surface area (TPSA) is 26.0 Å². The molecule has 0 radical (unpaired) electrons. The molecule has 106 valence electrons. The number of nitrogens with two attached hydrogens (primary N) is 1. The number of hydrogen-bond acceptors (Lipinski definition) is 1.